The molecule has 0 saturated carbocycles. The summed E-state index contributed by atoms with van der Waals surface area (Å²) in [5.74, 6) is -0.155. The lowest BCUT2D eigenvalue weighted by atomic mass is 10.2. The van der Waals surface area contributed by atoms with Crippen LogP contribution in [-0.4, -0.2) is 26.3 Å². The van der Waals surface area contributed by atoms with Gasteiger partial charge >= 0.3 is 5.97 Å². The fourth-order valence-corrected chi connectivity index (χ4v) is 2.69. The van der Waals surface area contributed by atoms with Crippen molar-refractivity contribution < 1.29 is 14.1 Å². The molecule has 0 saturated heterocycles. The zero-order chi connectivity index (χ0) is 10.4. The van der Waals surface area contributed by atoms with E-state index in [4.69, 9.17) is 5.11 Å². The summed E-state index contributed by atoms with van der Waals surface area (Å²) in [6.07, 6.45) is 1.27. The highest BCUT2D eigenvalue weighted by Crippen LogP contribution is 2.09. The van der Waals surface area contributed by atoms with E-state index in [1.807, 2.05) is 20.8 Å². The highest BCUT2D eigenvalue weighted by atomic mass is 32.2. The van der Waals surface area contributed by atoms with Crippen LogP contribution in [0.3, 0.4) is 0 Å². The van der Waals surface area contributed by atoms with Crippen LogP contribution < -0.4 is 0 Å². The van der Waals surface area contributed by atoms with Crippen LogP contribution in [0.5, 0.6) is 0 Å². The molecule has 0 aromatic carbocycles. The zero-order valence-electron chi connectivity index (χ0n) is 8.45. The molecule has 4 heteroatoms. The van der Waals surface area contributed by atoms with E-state index in [1.54, 1.807) is 0 Å². The second-order valence-electron chi connectivity index (χ2n) is 3.56. The number of aliphatic carboxylic acids is 1. The molecule has 0 aliphatic heterocycles. The first kappa shape index (κ1) is 12.6. The Morgan fingerprint density at radius 2 is 2.00 bits per heavy atom. The molecule has 3 nitrogen and oxygen atoms in total. The predicted molar refractivity (Wildman–Crippen MR) is 54.2 cm³/mol. The van der Waals surface area contributed by atoms with Crippen LogP contribution in [0, 0.1) is 5.92 Å². The van der Waals surface area contributed by atoms with E-state index in [0.29, 0.717) is 18.1 Å². The first-order chi connectivity index (χ1) is 5.99. The highest BCUT2D eigenvalue weighted by Gasteiger charge is 2.23. The molecule has 0 amide bonds. The summed E-state index contributed by atoms with van der Waals surface area (Å²) in [5, 5.41) is 8.12. The van der Waals surface area contributed by atoms with Gasteiger partial charge in [0.25, 0.3) is 0 Å². The quantitative estimate of drug-likeness (QED) is 0.719. The third-order valence-electron chi connectivity index (χ3n) is 1.64. The van der Waals surface area contributed by atoms with Crippen molar-refractivity contribution in [2.45, 2.75) is 38.9 Å². The number of rotatable bonds is 6. The number of carboxylic acid groups (broad SMARTS) is 1. The molecule has 0 bridgehead atoms. The van der Waals surface area contributed by atoms with E-state index < -0.39 is 22.0 Å². The predicted octanol–water partition coefficient (Wildman–Crippen LogP) is 1.64. The molecule has 0 aromatic rings. The van der Waals surface area contributed by atoms with E-state index in [2.05, 4.69) is 0 Å². The van der Waals surface area contributed by atoms with Gasteiger partial charge in [0.05, 0.1) is 0 Å². The Morgan fingerprint density at radius 1 is 1.46 bits per heavy atom. The molecule has 0 aliphatic carbocycles. The van der Waals surface area contributed by atoms with Gasteiger partial charge in [0.15, 0.2) is 0 Å². The minimum Gasteiger partial charge on any atom is -0.480 e. The molecule has 0 spiro atoms. The Morgan fingerprint density at radius 3 is 2.31 bits per heavy atom. The van der Waals surface area contributed by atoms with Gasteiger partial charge in [-0.25, -0.2) is 0 Å². The normalized spacial score (nSPS) is 15.7. The summed E-state index contributed by atoms with van der Waals surface area (Å²) in [5.41, 5.74) is 0. The third kappa shape index (κ3) is 5.03. The molecule has 0 aliphatic rings. The molecule has 0 heterocycles. The summed E-state index contributed by atoms with van der Waals surface area (Å²) < 4.78 is 11.5. The summed E-state index contributed by atoms with van der Waals surface area (Å²) >= 11 is 0. The number of carbonyl (C=O) groups is 1. The number of hydrogen-bond acceptors (Lipinski definition) is 2. The van der Waals surface area contributed by atoms with E-state index in [9.17, 15) is 9.00 Å². The van der Waals surface area contributed by atoms with Gasteiger partial charge in [0.1, 0.15) is 5.25 Å². The first-order valence-electron chi connectivity index (χ1n) is 4.59. The van der Waals surface area contributed by atoms with Gasteiger partial charge in [-0.05, 0) is 12.3 Å². The lowest BCUT2D eigenvalue weighted by Crippen LogP contribution is -2.28. The fourth-order valence-electron chi connectivity index (χ4n) is 1.07. The van der Waals surface area contributed by atoms with E-state index in [-0.39, 0.29) is 0 Å². The largest absolute Gasteiger partial charge is 0.480 e. The van der Waals surface area contributed by atoms with E-state index in [1.165, 1.54) is 0 Å². The average Bonchev–Trinajstić information content (AvgIpc) is 1.97. The number of hydrogen-bond donors (Lipinski definition) is 1. The monoisotopic (exact) mass is 206 g/mol. The van der Waals surface area contributed by atoms with Gasteiger partial charge < -0.3 is 5.11 Å². The molecule has 0 radical (unpaired) electrons. The topological polar surface area (TPSA) is 54.4 Å². The van der Waals surface area contributed by atoms with Gasteiger partial charge in [-0.3, -0.25) is 9.00 Å². The first-order valence-corrected chi connectivity index (χ1v) is 5.97. The van der Waals surface area contributed by atoms with Crippen molar-refractivity contribution in [2.24, 2.45) is 5.92 Å². The Bertz CT molecular complexity index is 189. The van der Waals surface area contributed by atoms with Crippen LogP contribution in [-0.2, 0) is 15.6 Å². The van der Waals surface area contributed by atoms with Crippen LogP contribution in [0.15, 0.2) is 0 Å². The second kappa shape index (κ2) is 6.13. The fraction of sp³-hybridized carbons (Fsp3) is 0.889. The minimum absolute atomic E-state index is 0.291. The molecule has 0 rings (SSSR count). The molecular formula is C9H18O3S. The van der Waals surface area contributed by atoms with Crippen LogP contribution in [0.25, 0.3) is 0 Å². The number of carboxylic acids is 1. The van der Waals surface area contributed by atoms with E-state index >= 15 is 0 Å². The standard InChI is InChI=1S/C9H18O3S/c1-4-5-8(9(10)11)13(12)6-7(2)3/h7-8H,4-6H2,1-3H3,(H,10,11). The zero-order valence-corrected chi connectivity index (χ0v) is 9.26. The Kier molecular flexibility index (Phi) is 5.95. The van der Waals surface area contributed by atoms with Crippen LogP contribution in [0.4, 0.5) is 0 Å². The van der Waals surface area contributed by atoms with Gasteiger partial charge in [-0.2, -0.15) is 0 Å². The molecule has 2 unspecified atom stereocenters. The van der Waals surface area contributed by atoms with Crippen molar-refractivity contribution >= 4 is 16.8 Å². The maximum atomic E-state index is 11.5. The summed E-state index contributed by atoms with van der Waals surface area (Å²) in [6.45, 7) is 5.80. The molecule has 0 aromatic heterocycles. The van der Waals surface area contributed by atoms with Crippen molar-refractivity contribution in [3.63, 3.8) is 0 Å². The molecule has 13 heavy (non-hydrogen) atoms. The van der Waals surface area contributed by atoms with Crippen molar-refractivity contribution in [1.29, 1.82) is 0 Å². The van der Waals surface area contributed by atoms with Gasteiger partial charge in [0.2, 0.25) is 0 Å². The second-order valence-corrected chi connectivity index (χ2v) is 5.22. The molecule has 0 fully saturated rings. The summed E-state index contributed by atoms with van der Waals surface area (Å²) in [7, 11) is -1.22. The van der Waals surface area contributed by atoms with Crippen molar-refractivity contribution in [1.82, 2.24) is 0 Å². The SMILES string of the molecule is CCCC(C(=O)O)S(=O)CC(C)C. The van der Waals surface area contributed by atoms with Crippen molar-refractivity contribution in [3.8, 4) is 0 Å². The Balaban J connectivity index is 4.20. The van der Waals surface area contributed by atoms with Gasteiger partial charge in [-0.15, -0.1) is 0 Å². The lowest BCUT2D eigenvalue weighted by molar-refractivity contribution is -0.136. The summed E-state index contributed by atoms with van der Waals surface area (Å²) in [4.78, 5) is 10.7. The van der Waals surface area contributed by atoms with Crippen molar-refractivity contribution in [3.05, 3.63) is 0 Å². The molecule has 1 N–H and O–H groups in total. The smallest absolute Gasteiger partial charge is 0.319 e. The maximum absolute atomic E-state index is 11.5. The molecular weight excluding hydrogens is 188 g/mol. The Labute approximate surface area is 82.0 Å². The van der Waals surface area contributed by atoms with E-state index in [0.717, 1.165) is 6.42 Å². The molecule has 2 atom stereocenters. The minimum atomic E-state index is -1.22. The molecule has 78 valence electrons. The van der Waals surface area contributed by atoms with Crippen molar-refractivity contribution in [2.75, 3.05) is 5.75 Å². The van der Waals surface area contributed by atoms with Crippen LogP contribution in [0.1, 0.15) is 33.6 Å². The Hall–Kier alpha value is -0.380. The third-order valence-corrected chi connectivity index (χ3v) is 3.71. The van der Waals surface area contributed by atoms with Crippen LogP contribution >= 0.6 is 0 Å². The highest BCUT2D eigenvalue weighted by molar-refractivity contribution is 7.86. The van der Waals surface area contributed by atoms with Crippen LogP contribution in [0.2, 0.25) is 0 Å². The summed E-state index contributed by atoms with van der Waals surface area (Å²) in [6, 6.07) is 0. The van der Waals surface area contributed by atoms with Gasteiger partial charge in [0, 0.05) is 16.6 Å². The average molecular weight is 206 g/mol. The lowest BCUT2D eigenvalue weighted by Gasteiger charge is -2.12. The van der Waals surface area contributed by atoms with Gasteiger partial charge in [-0.1, -0.05) is 27.2 Å². The maximum Gasteiger partial charge on any atom is 0.319 e.